The smallest absolute Gasteiger partial charge is 0.222 e. The molecule has 2 rings (SSSR count). The number of aliphatic hydroxyl groups excluding tert-OH is 1. The molecule has 1 N–H and O–H groups in total. The molecule has 26 heavy (non-hydrogen) atoms. The molecule has 2 amide bonds. The van der Waals surface area contributed by atoms with Crippen LogP contribution >= 0.6 is 0 Å². The molecular weight excluding hydrogens is 330 g/mol. The zero-order valence-corrected chi connectivity index (χ0v) is 15.6. The second kappa shape index (κ2) is 9.85. The summed E-state index contributed by atoms with van der Waals surface area (Å²) in [7, 11) is 1.72. The van der Waals surface area contributed by atoms with Crippen LogP contribution in [0.4, 0.5) is 0 Å². The lowest BCUT2D eigenvalue weighted by Gasteiger charge is -2.21. The molecule has 6 heteroatoms. The molecule has 1 saturated heterocycles. The van der Waals surface area contributed by atoms with Gasteiger partial charge in [-0.15, -0.1) is 0 Å². The second-order valence-corrected chi connectivity index (χ2v) is 6.86. The molecule has 0 saturated carbocycles. The Labute approximate surface area is 155 Å². The number of rotatable bonds is 7. The van der Waals surface area contributed by atoms with Crippen molar-refractivity contribution < 1.29 is 14.7 Å². The van der Waals surface area contributed by atoms with E-state index in [0.717, 1.165) is 44.3 Å². The molecule has 0 aromatic rings. The van der Waals surface area contributed by atoms with E-state index in [-0.39, 0.29) is 11.7 Å². The number of nitrogens with zero attached hydrogens (tertiary/aromatic N) is 3. The van der Waals surface area contributed by atoms with Gasteiger partial charge in [-0.3, -0.25) is 9.59 Å². The number of hydrogen-bond acceptors (Lipinski definition) is 4. The van der Waals surface area contributed by atoms with Gasteiger partial charge < -0.3 is 19.8 Å². The molecule has 0 spiro atoms. The van der Waals surface area contributed by atoms with Crippen LogP contribution in [-0.4, -0.2) is 71.9 Å². The normalized spacial score (nSPS) is 23.2. The number of carbonyl (C=O) groups is 2. The minimum atomic E-state index is 0.116. The maximum absolute atomic E-state index is 12.2. The van der Waals surface area contributed by atoms with Crippen LogP contribution in [0.1, 0.15) is 25.7 Å². The van der Waals surface area contributed by atoms with E-state index >= 15 is 0 Å². The van der Waals surface area contributed by atoms with Crippen molar-refractivity contribution in [1.29, 1.82) is 0 Å². The molecule has 0 aromatic carbocycles. The summed E-state index contributed by atoms with van der Waals surface area (Å²) in [6.07, 6.45) is 11.6. The zero-order valence-electron chi connectivity index (χ0n) is 15.6. The fraction of sp³-hybridized carbons (Fsp3) is 0.500. The largest absolute Gasteiger partial charge is 0.506 e. The Hall–Kier alpha value is -2.50. The summed E-state index contributed by atoms with van der Waals surface area (Å²) in [4.78, 5) is 28.5. The summed E-state index contributed by atoms with van der Waals surface area (Å²) in [6.45, 7) is 7.39. The molecule has 2 heterocycles. The fourth-order valence-electron chi connectivity index (χ4n) is 3.06. The van der Waals surface area contributed by atoms with Crippen LogP contribution in [0.5, 0.6) is 0 Å². The van der Waals surface area contributed by atoms with Crippen molar-refractivity contribution in [2.75, 3.05) is 39.8 Å². The van der Waals surface area contributed by atoms with E-state index < -0.39 is 0 Å². The van der Waals surface area contributed by atoms with Crippen molar-refractivity contribution in [3.8, 4) is 0 Å². The van der Waals surface area contributed by atoms with Gasteiger partial charge in [-0.2, -0.15) is 0 Å². The highest BCUT2D eigenvalue weighted by molar-refractivity contribution is 5.76. The highest BCUT2D eigenvalue weighted by atomic mass is 16.3. The van der Waals surface area contributed by atoms with Crippen molar-refractivity contribution in [3.63, 3.8) is 0 Å². The van der Waals surface area contributed by atoms with E-state index in [9.17, 15) is 14.7 Å². The summed E-state index contributed by atoms with van der Waals surface area (Å²) in [5, 5.41) is 10.2. The van der Waals surface area contributed by atoms with E-state index in [1.54, 1.807) is 24.2 Å². The van der Waals surface area contributed by atoms with Gasteiger partial charge in [0.05, 0.1) is 0 Å². The summed E-state index contributed by atoms with van der Waals surface area (Å²) in [5.74, 6) is 0.334. The quantitative estimate of drug-likeness (QED) is 0.708. The molecular formula is C20H29N3O3. The van der Waals surface area contributed by atoms with Gasteiger partial charge in [0, 0.05) is 58.0 Å². The molecule has 0 aliphatic carbocycles. The third-order valence-electron chi connectivity index (χ3n) is 4.63. The third kappa shape index (κ3) is 6.10. The van der Waals surface area contributed by atoms with Gasteiger partial charge in [0.2, 0.25) is 12.3 Å². The zero-order chi connectivity index (χ0) is 18.9. The Bertz CT molecular complexity index is 616. The van der Waals surface area contributed by atoms with Crippen LogP contribution in [0.2, 0.25) is 0 Å². The lowest BCUT2D eigenvalue weighted by molar-refractivity contribution is -0.130. The molecule has 0 bridgehead atoms. The SMILES string of the molecule is C=C1/C=C\C(CN(C)C=O)=C/CN(CCCC(=O)N2CCCC2)/C=C\1O. The molecule has 0 aromatic heterocycles. The summed E-state index contributed by atoms with van der Waals surface area (Å²) in [6, 6.07) is 0. The van der Waals surface area contributed by atoms with E-state index in [0.29, 0.717) is 31.6 Å². The van der Waals surface area contributed by atoms with Gasteiger partial charge in [0.25, 0.3) is 0 Å². The number of allylic oxidation sites excluding steroid dienone is 1. The lowest BCUT2D eigenvalue weighted by atomic mass is 10.1. The van der Waals surface area contributed by atoms with Gasteiger partial charge in [-0.05, 0) is 24.8 Å². The second-order valence-electron chi connectivity index (χ2n) is 6.86. The van der Waals surface area contributed by atoms with E-state index in [1.807, 2.05) is 22.0 Å². The monoisotopic (exact) mass is 359 g/mol. The van der Waals surface area contributed by atoms with E-state index in [4.69, 9.17) is 0 Å². The van der Waals surface area contributed by atoms with Crippen molar-refractivity contribution in [2.24, 2.45) is 0 Å². The number of amides is 2. The van der Waals surface area contributed by atoms with Crippen LogP contribution in [0, 0.1) is 0 Å². The number of carbonyl (C=O) groups excluding carboxylic acids is 2. The fourth-order valence-corrected chi connectivity index (χ4v) is 3.06. The first-order chi connectivity index (χ1) is 12.5. The van der Waals surface area contributed by atoms with Gasteiger partial charge in [0.1, 0.15) is 5.76 Å². The Kier molecular flexibility index (Phi) is 7.51. The van der Waals surface area contributed by atoms with Gasteiger partial charge >= 0.3 is 0 Å². The standard InChI is InChI=1S/C20H29N3O3/c1-17-7-8-18(14-21(2)16-24)9-13-22(15-19(17)25)10-5-6-20(26)23-11-3-4-12-23/h7-9,15-16,25H,1,3-6,10-14H2,2H3/b8-7-,18-9+,19-15+. The van der Waals surface area contributed by atoms with Crippen LogP contribution < -0.4 is 0 Å². The van der Waals surface area contributed by atoms with Crippen molar-refractivity contribution in [3.05, 3.63) is 47.9 Å². The lowest BCUT2D eigenvalue weighted by Crippen LogP contribution is -2.28. The first kappa shape index (κ1) is 19.8. The predicted molar refractivity (Wildman–Crippen MR) is 102 cm³/mol. The van der Waals surface area contributed by atoms with Crippen LogP contribution in [0.3, 0.4) is 0 Å². The number of likely N-dealkylation sites (tertiary alicyclic amines) is 1. The van der Waals surface area contributed by atoms with Gasteiger partial charge in [-0.25, -0.2) is 0 Å². The molecule has 0 radical (unpaired) electrons. The molecule has 6 nitrogen and oxygen atoms in total. The maximum atomic E-state index is 12.2. The highest BCUT2D eigenvalue weighted by Crippen LogP contribution is 2.14. The summed E-state index contributed by atoms with van der Waals surface area (Å²) in [5.41, 5.74) is 1.49. The number of likely N-dealkylation sites (N-methyl/N-ethyl adjacent to an activating group) is 1. The Balaban J connectivity index is 1.95. The van der Waals surface area contributed by atoms with Crippen LogP contribution in [-0.2, 0) is 9.59 Å². The summed E-state index contributed by atoms with van der Waals surface area (Å²) >= 11 is 0. The first-order valence-electron chi connectivity index (χ1n) is 9.14. The Morgan fingerprint density at radius 3 is 2.77 bits per heavy atom. The Morgan fingerprint density at radius 2 is 2.08 bits per heavy atom. The summed E-state index contributed by atoms with van der Waals surface area (Å²) < 4.78 is 0. The molecule has 142 valence electrons. The minimum absolute atomic E-state index is 0.116. The number of hydrogen-bond donors (Lipinski definition) is 1. The van der Waals surface area contributed by atoms with E-state index in [1.165, 1.54) is 0 Å². The van der Waals surface area contributed by atoms with E-state index in [2.05, 4.69) is 6.58 Å². The van der Waals surface area contributed by atoms with Crippen molar-refractivity contribution >= 4 is 12.3 Å². The average molecular weight is 359 g/mol. The minimum Gasteiger partial charge on any atom is -0.506 e. The van der Waals surface area contributed by atoms with Gasteiger partial charge in [0.15, 0.2) is 0 Å². The number of aliphatic hydroxyl groups is 1. The predicted octanol–water partition coefficient (Wildman–Crippen LogP) is 2.23. The molecule has 2 aliphatic heterocycles. The maximum Gasteiger partial charge on any atom is 0.222 e. The van der Waals surface area contributed by atoms with Crippen LogP contribution in [0.15, 0.2) is 47.9 Å². The van der Waals surface area contributed by atoms with Crippen molar-refractivity contribution in [1.82, 2.24) is 14.7 Å². The Morgan fingerprint density at radius 1 is 1.35 bits per heavy atom. The third-order valence-corrected chi connectivity index (χ3v) is 4.63. The molecule has 1 fully saturated rings. The molecule has 0 atom stereocenters. The molecule has 0 unspecified atom stereocenters. The first-order valence-corrected chi connectivity index (χ1v) is 9.14. The highest BCUT2D eigenvalue weighted by Gasteiger charge is 2.17. The van der Waals surface area contributed by atoms with Gasteiger partial charge in [-0.1, -0.05) is 24.8 Å². The average Bonchev–Trinajstić information content (AvgIpc) is 3.17. The topological polar surface area (TPSA) is 64.1 Å². The van der Waals surface area contributed by atoms with Crippen molar-refractivity contribution in [2.45, 2.75) is 25.7 Å². The van der Waals surface area contributed by atoms with Crippen LogP contribution in [0.25, 0.3) is 0 Å². The molecule has 2 aliphatic rings.